The van der Waals surface area contributed by atoms with Gasteiger partial charge < -0.3 is 9.84 Å². The molecule has 1 heterocycles. The highest BCUT2D eigenvalue weighted by Gasteiger charge is 2.35. The molecule has 0 bridgehead atoms. The molecule has 1 aromatic rings. The Morgan fingerprint density at radius 3 is 2.42 bits per heavy atom. The minimum atomic E-state index is -5.20. The van der Waals surface area contributed by atoms with Crippen LogP contribution in [-0.2, 0) is 5.88 Å². The molecule has 0 spiro atoms. The fraction of sp³-hybridized carbons (Fsp3) is 0.333. The lowest BCUT2D eigenvalue weighted by Crippen LogP contribution is -2.21. The summed E-state index contributed by atoms with van der Waals surface area (Å²) in [5.74, 6) is -3.78. The van der Waals surface area contributed by atoms with Crippen LogP contribution in [0.5, 0.6) is 5.75 Å². The molecule has 0 aromatic carbocycles. The topological polar surface area (TPSA) is 59.4 Å². The molecule has 4 nitrogen and oxygen atoms in total. The van der Waals surface area contributed by atoms with E-state index in [-0.39, 0.29) is 0 Å². The van der Waals surface area contributed by atoms with E-state index >= 15 is 0 Å². The fourth-order valence-corrected chi connectivity index (χ4v) is 1.38. The van der Waals surface area contributed by atoms with E-state index in [1.807, 2.05) is 0 Å². The van der Waals surface area contributed by atoms with Crippen LogP contribution in [-0.4, -0.2) is 22.4 Å². The van der Waals surface area contributed by atoms with Crippen molar-refractivity contribution in [3.8, 4) is 5.75 Å². The molecule has 0 radical (unpaired) electrons. The molecule has 19 heavy (non-hydrogen) atoms. The lowest BCUT2D eigenvalue weighted by atomic mass is 10.1. The van der Waals surface area contributed by atoms with E-state index in [4.69, 9.17) is 16.7 Å². The number of carbonyl (C=O) groups is 1. The lowest BCUT2D eigenvalue weighted by molar-refractivity contribution is -0.275. The Labute approximate surface area is 107 Å². The molecule has 0 unspecified atom stereocenters. The molecule has 10 heteroatoms. The summed E-state index contributed by atoms with van der Waals surface area (Å²) in [6.07, 6.45) is -8.35. The maximum atomic E-state index is 12.4. The van der Waals surface area contributed by atoms with Gasteiger partial charge in [-0.3, -0.25) is 0 Å². The second-order valence-corrected chi connectivity index (χ2v) is 3.43. The van der Waals surface area contributed by atoms with Crippen molar-refractivity contribution in [3.05, 3.63) is 23.0 Å². The first-order valence-corrected chi connectivity index (χ1v) is 5.06. The molecular formula is C9H5ClF5NO3. The molecule has 1 aromatic heterocycles. The molecular weight excluding hydrogens is 301 g/mol. The Morgan fingerprint density at radius 2 is 2.05 bits per heavy atom. The van der Waals surface area contributed by atoms with Crippen molar-refractivity contribution in [2.24, 2.45) is 0 Å². The summed E-state index contributed by atoms with van der Waals surface area (Å²) in [7, 11) is 0. The Balaban J connectivity index is 3.45. The number of aromatic nitrogens is 1. The highest BCUT2D eigenvalue weighted by molar-refractivity contribution is 6.17. The number of pyridine rings is 1. The van der Waals surface area contributed by atoms with Crippen LogP contribution in [0, 0.1) is 0 Å². The molecule has 0 saturated heterocycles. The van der Waals surface area contributed by atoms with Crippen molar-refractivity contribution in [1.82, 2.24) is 4.98 Å². The van der Waals surface area contributed by atoms with Gasteiger partial charge >= 0.3 is 12.3 Å². The minimum Gasteiger partial charge on any atom is -0.478 e. The van der Waals surface area contributed by atoms with E-state index < -0.39 is 47.3 Å². The number of rotatable bonds is 4. The zero-order chi connectivity index (χ0) is 14.8. The Hall–Kier alpha value is -1.64. The number of aromatic carboxylic acids is 1. The summed E-state index contributed by atoms with van der Waals surface area (Å²) in [4.78, 5) is 13.9. The molecule has 0 aliphatic rings. The number of nitrogens with zero attached hydrogens (tertiary/aromatic N) is 1. The Bertz CT molecular complexity index is 491. The number of carboxylic acid groups (broad SMARTS) is 1. The monoisotopic (exact) mass is 305 g/mol. The van der Waals surface area contributed by atoms with Gasteiger partial charge in [0.05, 0.1) is 11.6 Å². The molecule has 0 amide bonds. The van der Waals surface area contributed by atoms with Crippen LogP contribution in [0.2, 0.25) is 0 Å². The van der Waals surface area contributed by atoms with Crippen LogP contribution in [0.25, 0.3) is 0 Å². The number of hydrogen-bond acceptors (Lipinski definition) is 3. The third-order valence-corrected chi connectivity index (χ3v) is 2.11. The van der Waals surface area contributed by atoms with Gasteiger partial charge in [-0.25, -0.2) is 18.6 Å². The molecule has 0 aliphatic carbocycles. The number of alkyl halides is 6. The van der Waals surface area contributed by atoms with Crippen molar-refractivity contribution in [1.29, 1.82) is 0 Å². The third-order valence-electron chi connectivity index (χ3n) is 1.86. The van der Waals surface area contributed by atoms with E-state index in [1.165, 1.54) is 0 Å². The van der Waals surface area contributed by atoms with Crippen LogP contribution < -0.4 is 4.74 Å². The molecule has 1 N–H and O–H groups in total. The van der Waals surface area contributed by atoms with E-state index in [0.29, 0.717) is 6.07 Å². The van der Waals surface area contributed by atoms with Crippen LogP contribution in [0.1, 0.15) is 28.2 Å². The third kappa shape index (κ3) is 3.91. The predicted molar refractivity (Wildman–Crippen MR) is 52.4 cm³/mol. The van der Waals surface area contributed by atoms with Gasteiger partial charge in [-0.15, -0.1) is 24.8 Å². The van der Waals surface area contributed by atoms with Crippen LogP contribution >= 0.6 is 11.6 Å². The maximum absolute atomic E-state index is 12.4. The minimum absolute atomic E-state index is 0.310. The average molecular weight is 306 g/mol. The fourth-order valence-electron chi connectivity index (χ4n) is 1.20. The number of hydrogen-bond donors (Lipinski definition) is 1. The van der Waals surface area contributed by atoms with Crippen molar-refractivity contribution >= 4 is 17.6 Å². The van der Waals surface area contributed by atoms with Gasteiger partial charge in [0.1, 0.15) is 11.3 Å². The molecule has 0 saturated carbocycles. The standard InChI is InChI=1S/C9H5ClF5NO3/c10-2-5-6(19-9(13,14)15)3(8(17)18)1-4(16-5)7(11)12/h1,7H,2H2,(H,17,18). The van der Waals surface area contributed by atoms with Crippen molar-refractivity contribution < 1.29 is 36.6 Å². The van der Waals surface area contributed by atoms with E-state index in [0.717, 1.165) is 0 Å². The number of ether oxygens (including phenoxy) is 1. The average Bonchev–Trinajstić information content (AvgIpc) is 2.26. The number of halogens is 6. The molecule has 1 rings (SSSR count). The summed E-state index contributed by atoms with van der Waals surface area (Å²) in [6.45, 7) is 0. The summed E-state index contributed by atoms with van der Waals surface area (Å²) < 4.78 is 64.7. The first-order valence-electron chi connectivity index (χ1n) is 4.52. The van der Waals surface area contributed by atoms with Gasteiger partial charge in [0.15, 0.2) is 5.75 Å². The van der Waals surface area contributed by atoms with Gasteiger partial charge in [0.2, 0.25) is 0 Å². The van der Waals surface area contributed by atoms with Gasteiger partial charge in [-0.1, -0.05) is 0 Å². The van der Waals surface area contributed by atoms with Gasteiger partial charge in [0.25, 0.3) is 6.43 Å². The summed E-state index contributed by atoms with van der Waals surface area (Å²) in [6, 6.07) is 0.310. The highest BCUT2D eigenvalue weighted by atomic mass is 35.5. The van der Waals surface area contributed by atoms with Crippen molar-refractivity contribution in [2.75, 3.05) is 0 Å². The summed E-state index contributed by atoms with van der Waals surface area (Å²) in [5.41, 5.74) is -2.81. The normalized spacial score (nSPS) is 11.7. The molecule has 0 fully saturated rings. The zero-order valence-corrected chi connectivity index (χ0v) is 9.60. The second kappa shape index (κ2) is 5.55. The SMILES string of the molecule is O=C(O)c1cc(C(F)F)nc(CCl)c1OC(F)(F)F. The Kier molecular flexibility index (Phi) is 4.51. The predicted octanol–water partition coefficient (Wildman–Crippen LogP) is 3.35. The first kappa shape index (κ1) is 15.4. The summed E-state index contributed by atoms with van der Waals surface area (Å²) >= 11 is 5.27. The number of carboxylic acids is 1. The summed E-state index contributed by atoms with van der Waals surface area (Å²) in [5, 5.41) is 8.73. The van der Waals surface area contributed by atoms with Gasteiger partial charge in [-0.2, -0.15) is 0 Å². The van der Waals surface area contributed by atoms with Gasteiger partial charge in [0, 0.05) is 0 Å². The van der Waals surface area contributed by atoms with E-state index in [2.05, 4.69) is 9.72 Å². The van der Waals surface area contributed by atoms with Gasteiger partial charge in [-0.05, 0) is 6.07 Å². The van der Waals surface area contributed by atoms with Crippen LogP contribution in [0.3, 0.4) is 0 Å². The van der Waals surface area contributed by atoms with Crippen LogP contribution in [0.4, 0.5) is 22.0 Å². The quantitative estimate of drug-likeness (QED) is 0.684. The smallest absolute Gasteiger partial charge is 0.478 e. The lowest BCUT2D eigenvalue weighted by Gasteiger charge is -2.15. The van der Waals surface area contributed by atoms with E-state index in [9.17, 15) is 26.7 Å². The van der Waals surface area contributed by atoms with Crippen molar-refractivity contribution in [3.63, 3.8) is 0 Å². The molecule has 0 atom stereocenters. The molecule has 106 valence electrons. The highest BCUT2D eigenvalue weighted by Crippen LogP contribution is 2.33. The van der Waals surface area contributed by atoms with Crippen LogP contribution in [0.15, 0.2) is 6.07 Å². The largest absolute Gasteiger partial charge is 0.573 e. The zero-order valence-electron chi connectivity index (χ0n) is 8.84. The molecule has 0 aliphatic heterocycles. The first-order chi connectivity index (χ1) is 8.65. The maximum Gasteiger partial charge on any atom is 0.573 e. The van der Waals surface area contributed by atoms with E-state index in [1.54, 1.807) is 0 Å². The van der Waals surface area contributed by atoms with Crippen molar-refractivity contribution in [2.45, 2.75) is 18.7 Å². The second-order valence-electron chi connectivity index (χ2n) is 3.16. The Morgan fingerprint density at radius 1 is 1.47 bits per heavy atom.